The summed E-state index contributed by atoms with van der Waals surface area (Å²) in [5.41, 5.74) is 3.30. The van der Waals surface area contributed by atoms with Crippen LogP contribution in [-0.2, 0) is 13.0 Å². The molecular formula is C22H27N3O2. The first-order chi connectivity index (χ1) is 13.2. The maximum absolute atomic E-state index is 12.9. The summed E-state index contributed by atoms with van der Waals surface area (Å²) in [4.78, 5) is 15.3. The molecule has 5 nitrogen and oxygen atoms in total. The van der Waals surface area contributed by atoms with Gasteiger partial charge in [-0.05, 0) is 56.7 Å². The normalized spacial score (nSPS) is 29.0. The maximum Gasteiger partial charge on any atom is 0.255 e. The number of para-hydroxylation sites is 1. The van der Waals surface area contributed by atoms with Gasteiger partial charge in [0, 0.05) is 29.9 Å². The Kier molecular flexibility index (Phi) is 4.20. The standard InChI is InChI=1S/C22H27N3O2/c1-14-10-15-4-2-3-5-20(15)25(14)13-21-19(8-9-27-21)22(26)24-18-11-16-6-7-17(12-18)23-16/h2-5,8-9,14,16-18,23H,6-7,10-13H2,1H3,(H,24,26). The number of carbonyl (C=O) groups is 1. The Labute approximate surface area is 160 Å². The minimum atomic E-state index is 0.00480. The molecule has 5 rings (SSSR count). The molecule has 0 saturated carbocycles. The first-order valence-corrected chi connectivity index (χ1v) is 10.1. The first-order valence-electron chi connectivity index (χ1n) is 10.1. The number of rotatable bonds is 4. The lowest BCUT2D eigenvalue weighted by molar-refractivity contribution is 0.0922. The van der Waals surface area contributed by atoms with Crippen molar-refractivity contribution in [2.45, 2.75) is 69.7 Å². The number of nitrogens with one attached hydrogen (secondary N) is 2. The molecular weight excluding hydrogens is 338 g/mol. The molecule has 2 aromatic rings. The van der Waals surface area contributed by atoms with Crippen LogP contribution in [0.4, 0.5) is 5.69 Å². The molecule has 2 saturated heterocycles. The van der Waals surface area contributed by atoms with Gasteiger partial charge in [-0.1, -0.05) is 18.2 Å². The topological polar surface area (TPSA) is 57.5 Å². The number of anilines is 1. The molecule has 142 valence electrons. The van der Waals surface area contributed by atoms with E-state index in [1.54, 1.807) is 6.26 Å². The van der Waals surface area contributed by atoms with Crippen molar-refractivity contribution in [1.82, 2.24) is 10.6 Å². The van der Waals surface area contributed by atoms with Crippen LogP contribution >= 0.6 is 0 Å². The Balaban J connectivity index is 1.30. The van der Waals surface area contributed by atoms with E-state index in [9.17, 15) is 4.79 Å². The number of hydrogen-bond donors (Lipinski definition) is 2. The Morgan fingerprint density at radius 1 is 1.22 bits per heavy atom. The molecule has 3 unspecified atom stereocenters. The average Bonchev–Trinajstić information content (AvgIpc) is 3.34. The molecule has 1 aromatic heterocycles. The van der Waals surface area contributed by atoms with Gasteiger partial charge < -0.3 is 20.0 Å². The van der Waals surface area contributed by atoms with Crippen LogP contribution < -0.4 is 15.5 Å². The van der Waals surface area contributed by atoms with Crippen LogP contribution in [0.2, 0.25) is 0 Å². The number of hydrogen-bond acceptors (Lipinski definition) is 4. The highest BCUT2D eigenvalue weighted by atomic mass is 16.3. The van der Waals surface area contributed by atoms with Crippen molar-refractivity contribution in [3.8, 4) is 0 Å². The summed E-state index contributed by atoms with van der Waals surface area (Å²) in [6.07, 6.45) is 7.22. The van der Waals surface area contributed by atoms with Gasteiger partial charge in [-0.2, -0.15) is 0 Å². The number of furan rings is 1. The monoisotopic (exact) mass is 365 g/mol. The minimum Gasteiger partial charge on any atom is -0.467 e. The smallest absolute Gasteiger partial charge is 0.255 e. The number of piperidine rings is 1. The number of fused-ring (bicyclic) bond motifs is 3. The summed E-state index contributed by atoms with van der Waals surface area (Å²) < 4.78 is 5.74. The van der Waals surface area contributed by atoms with Crippen molar-refractivity contribution in [2.24, 2.45) is 0 Å². The van der Waals surface area contributed by atoms with Crippen molar-refractivity contribution in [3.05, 3.63) is 53.5 Å². The summed E-state index contributed by atoms with van der Waals surface area (Å²) in [7, 11) is 0. The molecule has 1 amide bonds. The predicted octanol–water partition coefficient (Wildman–Crippen LogP) is 3.24. The van der Waals surface area contributed by atoms with E-state index >= 15 is 0 Å². The number of benzene rings is 1. The van der Waals surface area contributed by atoms with Gasteiger partial charge in [0.25, 0.3) is 5.91 Å². The molecule has 27 heavy (non-hydrogen) atoms. The molecule has 3 aliphatic heterocycles. The van der Waals surface area contributed by atoms with E-state index in [0.29, 0.717) is 30.2 Å². The molecule has 2 N–H and O–H groups in total. The maximum atomic E-state index is 12.9. The van der Waals surface area contributed by atoms with E-state index in [1.165, 1.54) is 24.1 Å². The second-order valence-electron chi connectivity index (χ2n) is 8.35. The molecule has 1 aromatic carbocycles. The number of nitrogens with zero attached hydrogens (tertiary/aromatic N) is 1. The third kappa shape index (κ3) is 3.14. The van der Waals surface area contributed by atoms with E-state index in [1.807, 2.05) is 6.07 Å². The zero-order chi connectivity index (χ0) is 18.4. The van der Waals surface area contributed by atoms with Crippen molar-refractivity contribution < 1.29 is 9.21 Å². The summed E-state index contributed by atoms with van der Waals surface area (Å²) in [5.74, 6) is 0.762. The second-order valence-corrected chi connectivity index (χ2v) is 8.35. The van der Waals surface area contributed by atoms with E-state index in [4.69, 9.17) is 4.42 Å². The molecule has 2 fully saturated rings. The van der Waals surface area contributed by atoms with Gasteiger partial charge in [-0.3, -0.25) is 4.79 Å². The largest absolute Gasteiger partial charge is 0.467 e. The molecule has 0 aliphatic carbocycles. The Hall–Kier alpha value is -2.27. The molecule has 0 radical (unpaired) electrons. The SMILES string of the molecule is CC1Cc2ccccc2N1Cc1occc1C(=O)NC1CC2CCC(C1)N2. The van der Waals surface area contributed by atoms with Crippen molar-refractivity contribution >= 4 is 11.6 Å². The first kappa shape index (κ1) is 16.9. The van der Waals surface area contributed by atoms with Crippen LogP contribution in [-0.4, -0.2) is 30.1 Å². The molecule has 4 heterocycles. The third-order valence-electron chi connectivity index (χ3n) is 6.46. The van der Waals surface area contributed by atoms with Gasteiger partial charge in [-0.25, -0.2) is 0 Å². The Morgan fingerprint density at radius 3 is 2.81 bits per heavy atom. The van der Waals surface area contributed by atoms with Crippen LogP contribution in [0.5, 0.6) is 0 Å². The lowest BCUT2D eigenvalue weighted by Crippen LogP contribution is -2.48. The summed E-state index contributed by atoms with van der Waals surface area (Å²) in [6.45, 7) is 2.86. The zero-order valence-electron chi connectivity index (χ0n) is 15.8. The Bertz CT molecular complexity index is 834. The highest BCUT2D eigenvalue weighted by molar-refractivity contribution is 5.95. The summed E-state index contributed by atoms with van der Waals surface area (Å²) in [6, 6.07) is 12.1. The lowest BCUT2D eigenvalue weighted by Gasteiger charge is -2.29. The summed E-state index contributed by atoms with van der Waals surface area (Å²) >= 11 is 0. The predicted molar refractivity (Wildman–Crippen MR) is 105 cm³/mol. The van der Waals surface area contributed by atoms with Crippen LogP contribution in [0.15, 0.2) is 41.0 Å². The van der Waals surface area contributed by atoms with Crippen molar-refractivity contribution in [3.63, 3.8) is 0 Å². The minimum absolute atomic E-state index is 0.00480. The second kappa shape index (κ2) is 6.71. The van der Waals surface area contributed by atoms with Crippen LogP contribution in [0.3, 0.4) is 0 Å². The van der Waals surface area contributed by atoms with Crippen LogP contribution in [0.25, 0.3) is 0 Å². The van der Waals surface area contributed by atoms with Gasteiger partial charge in [0.1, 0.15) is 5.76 Å². The zero-order valence-corrected chi connectivity index (χ0v) is 15.8. The van der Waals surface area contributed by atoms with Crippen LogP contribution in [0.1, 0.15) is 54.3 Å². The van der Waals surface area contributed by atoms with E-state index in [-0.39, 0.29) is 11.9 Å². The highest BCUT2D eigenvalue weighted by Crippen LogP contribution is 2.34. The number of amides is 1. The van der Waals surface area contributed by atoms with E-state index in [2.05, 4.69) is 46.7 Å². The highest BCUT2D eigenvalue weighted by Gasteiger charge is 2.35. The Morgan fingerprint density at radius 2 is 2.00 bits per heavy atom. The average molecular weight is 365 g/mol. The van der Waals surface area contributed by atoms with Gasteiger partial charge in [0.2, 0.25) is 0 Å². The molecule has 0 spiro atoms. The fraction of sp³-hybridized carbons (Fsp3) is 0.500. The fourth-order valence-corrected chi connectivity index (χ4v) is 5.13. The van der Waals surface area contributed by atoms with Gasteiger partial charge in [0.05, 0.1) is 18.4 Å². The molecule has 5 heteroatoms. The summed E-state index contributed by atoms with van der Waals surface area (Å²) in [5, 5.41) is 6.89. The number of carbonyl (C=O) groups excluding carboxylic acids is 1. The molecule has 2 bridgehead atoms. The third-order valence-corrected chi connectivity index (χ3v) is 6.46. The van der Waals surface area contributed by atoms with Gasteiger partial charge in [0.15, 0.2) is 0 Å². The quantitative estimate of drug-likeness (QED) is 0.873. The van der Waals surface area contributed by atoms with Crippen molar-refractivity contribution in [2.75, 3.05) is 4.90 Å². The lowest BCUT2D eigenvalue weighted by atomic mass is 9.99. The van der Waals surface area contributed by atoms with Gasteiger partial charge in [-0.15, -0.1) is 0 Å². The van der Waals surface area contributed by atoms with E-state index in [0.717, 1.165) is 25.0 Å². The van der Waals surface area contributed by atoms with Crippen molar-refractivity contribution in [1.29, 1.82) is 0 Å². The van der Waals surface area contributed by atoms with E-state index < -0.39 is 0 Å². The fourth-order valence-electron chi connectivity index (χ4n) is 5.13. The van der Waals surface area contributed by atoms with Crippen LogP contribution in [0, 0.1) is 0 Å². The molecule has 3 aliphatic rings. The molecule has 3 atom stereocenters. The van der Waals surface area contributed by atoms with Gasteiger partial charge >= 0.3 is 0 Å².